The van der Waals surface area contributed by atoms with Gasteiger partial charge in [0.25, 0.3) is 5.56 Å². The van der Waals surface area contributed by atoms with Crippen LogP contribution in [0.4, 0.5) is 11.6 Å². The molecular formula is C15H13Cl2N5O. The number of benzene rings is 1. The third-order valence-corrected chi connectivity index (χ3v) is 4.14. The Morgan fingerprint density at radius 3 is 2.87 bits per heavy atom. The second-order valence-electron chi connectivity index (χ2n) is 4.90. The van der Waals surface area contributed by atoms with Gasteiger partial charge in [-0.15, -0.1) is 6.58 Å². The van der Waals surface area contributed by atoms with E-state index in [1.54, 1.807) is 47.1 Å². The lowest BCUT2D eigenvalue weighted by atomic mass is 10.3. The SMILES string of the molecule is C=CCn1ncc2nc(N(C)c3ccc(Cl)c(Cl)c3)[nH]c(=O)c21. The van der Waals surface area contributed by atoms with Crippen LogP contribution in [0.3, 0.4) is 0 Å². The topological polar surface area (TPSA) is 66.8 Å². The van der Waals surface area contributed by atoms with Crippen molar-refractivity contribution in [1.82, 2.24) is 19.7 Å². The maximum atomic E-state index is 12.3. The Balaban J connectivity index is 2.07. The molecule has 0 spiro atoms. The van der Waals surface area contributed by atoms with E-state index in [-0.39, 0.29) is 5.56 Å². The molecule has 23 heavy (non-hydrogen) atoms. The Morgan fingerprint density at radius 1 is 1.39 bits per heavy atom. The summed E-state index contributed by atoms with van der Waals surface area (Å²) in [7, 11) is 1.78. The average molecular weight is 350 g/mol. The van der Waals surface area contributed by atoms with Crippen molar-refractivity contribution in [2.75, 3.05) is 11.9 Å². The molecular weight excluding hydrogens is 337 g/mol. The number of anilines is 2. The Labute approximate surface area is 142 Å². The monoisotopic (exact) mass is 349 g/mol. The smallest absolute Gasteiger partial charge is 0.278 e. The minimum absolute atomic E-state index is 0.267. The molecule has 0 atom stereocenters. The summed E-state index contributed by atoms with van der Waals surface area (Å²) in [4.78, 5) is 21.3. The number of H-pyrrole nitrogens is 1. The van der Waals surface area contributed by atoms with Gasteiger partial charge in [0.2, 0.25) is 5.95 Å². The van der Waals surface area contributed by atoms with Gasteiger partial charge in [-0.3, -0.25) is 14.5 Å². The molecule has 0 bridgehead atoms. The van der Waals surface area contributed by atoms with Crippen LogP contribution >= 0.6 is 23.2 Å². The highest BCUT2D eigenvalue weighted by atomic mass is 35.5. The molecule has 2 aromatic heterocycles. The molecule has 0 saturated heterocycles. The van der Waals surface area contributed by atoms with Gasteiger partial charge in [0.1, 0.15) is 5.52 Å². The maximum Gasteiger partial charge on any atom is 0.278 e. The van der Waals surface area contributed by atoms with Crippen LogP contribution in [0.2, 0.25) is 10.0 Å². The zero-order chi connectivity index (χ0) is 16.6. The lowest BCUT2D eigenvalue weighted by Crippen LogP contribution is -2.20. The van der Waals surface area contributed by atoms with Crippen LogP contribution in [-0.4, -0.2) is 26.8 Å². The van der Waals surface area contributed by atoms with E-state index in [4.69, 9.17) is 23.2 Å². The van der Waals surface area contributed by atoms with Gasteiger partial charge >= 0.3 is 0 Å². The highest BCUT2D eigenvalue weighted by molar-refractivity contribution is 6.42. The number of rotatable bonds is 4. The largest absolute Gasteiger partial charge is 0.315 e. The normalized spacial score (nSPS) is 10.9. The van der Waals surface area contributed by atoms with Crippen molar-refractivity contribution in [2.24, 2.45) is 0 Å². The van der Waals surface area contributed by atoms with Crippen LogP contribution in [0.5, 0.6) is 0 Å². The van der Waals surface area contributed by atoms with Gasteiger partial charge in [-0.2, -0.15) is 5.10 Å². The summed E-state index contributed by atoms with van der Waals surface area (Å²) in [6.07, 6.45) is 3.22. The molecule has 2 heterocycles. The lowest BCUT2D eigenvalue weighted by Gasteiger charge is -2.18. The van der Waals surface area contributed by atoms with E-state index in [1.165, 1.54) is 0 Å². The molecule has 0 fully saturated rings. The van der Waals surface area contributed by atoms with Gasteiger partial charge < -0.3 is 4.90 Å². The zero-order valence-corrected chi connectivity index (χ0v) is 13.8. The van der Waals surface area contributed by atoms with E-state index in [2.05, 4.69) is 21.6 Å². The van der Waals surface area contributed by atoms with Crippen molar-refractivity contribution in [1.29, 1.82) is 0 Å². The van der Waals surface area contributed by atoms with Gasteiger partial charge in [0.15, 0.2) is 5.52 Å². The molecule has 0 aliphatic carbocycles. The average Bonchev–Trinajstić information content (AvgIpc) is 2.93. The quantitative estimate of drug-likeness (QED) is 0.733. The summed E-state index contributed by atoms with van der Waals surface area (Å²) in [6.45, 7) is 4.09. The summed E-state index contributed by atoms with van der Waals surface area (Å²) < 4.78 is 1.55. The van der Waals surface area contributed by atoms with Crippen molar-refractivity contribution in [3.05, 3.63) is 57.4 Å². The molecule has 0 saturated carbocycles. The highest BCUT2D eigenvalue weighted by Crippen LogP contribution is 2.29. The van der Waals surface area contributed by atoms with Crippen LogP contribution < -0.4 is 10.5 Å². The Morgan fingerprint density at radius 2 is 2.17 bits per heavy atom. The third kappa shape index (κ3) is 2.83. The zero-order valence-electron chi connectivity index (χ0n) is 12.3. The van der Waals surface area contributed by atoms with E-state index in [1.807, 2.05) is 0 Å². The molecule has 0 radical (unpaired) electrons. The number of fused-ring (bicyclic) bond motifs is 1. The van der Waals surface area contributed by atoms with E-state index < -0.39 is 0 Å². The fourth-order valence-electron chi connectivity index (χ4n) is 2.23. The van der Waals surface area contributed by atoms with Crippen molar-refractivity contribution in [2.45, 2.75) is 6.54 Å². The van der Waals surface area contributed by atoms with Crippen LogP contribution in [0.25, 0.3) is 11.0 Å². The van der Waals surface area contributed by atoms with Gasteiger partial charge in [0, 0.05) is 12.7 Å². The van der Waals surface area contributed by atoms with Gasteiger partial charge in [-0.05, 0) is 18.2 Å². The van der Waals surface area contributed by atoms with Crippen molar-refractivity contribution >= 4 is 45.9 Å². The molecule has 6 nitrogen and oxygen atoms in total. The van der Waals surface area contributed by atoms with E-state index >= 15 is 0 Å². The number of halogens is 2. The second-order valence-corrected chi connectivity index (χ2v) is 5.71. The predicted molar refractivity (Wildman–Crippen MR) is 92.9 cm³/mol. The standard InChI is InChI=1S/C15H13Cl2N5O/c1-3-6-22-13-12(8-18-22)19-15(20-14(13)23)21(2)9-4-5-10(16)11(17)7-9/h3-5,7-8H,1,6H2,2H3,(H,19,20,23). The van der Waals surface area contributed by atoms with Crippen molar-refractivity contribution < 1.29 is 0 Å². The maximum absolute atomic E-state index is 12.3. The van der Waals surface area contributed by atoms with E-state index in [9.17, 15) is 4.79 Å². The summed E-state index contributed by atoms with van der Waals surface area (Å²) in [5, 5.41) is 5.04. The fourth-order valence-corrected chi connectivity index (χ4v) is 2.52. The van der Waals surface area contributed by atoms with Gasteiger partial charge in [0.05, 0.1) is 22.8 Å². The van der Waals surface area contributed by atoms with Gasteiger partial charge in [-0.25, -0.2) is 4.98 Å². The number of hydrogen-bond donors (Lipinski definition) is 1. The minimum atomic E-state index is -0.267. The molecule has 1 N–H and O–H groups in total. The van der Waals surface area contributed by atoms with E-state index in [0.717, 1.165) is 5.69 Å². The molecule has 0 amide bonds. The van der Waals surface area contributed by atoms with Gasteiger partial charge in [-0.1, -0.05) is 29.3 Å². The summed E-state index contributed by atoms with van der Waals surface area (Å²) in [6, 6.07) is 5.18. The number of hydrogen-bond acceptors (Lipinski definition) is 4. The fraction of sp³-hybridized carbons (Fsp3) is 0.133. The molecule has 0 aliphatic rings. The molecule has 118 valence electrons. The third-order valence-electron chi connectivity index (χ3n) is 3.40. The van der Waals surface area contributed by atoms with E-state index in [0.29, 0.717) is 33.6 Å². The summed E-state index contributed by atoms with van der Waals surface area (Å²) in [5.74, 6) is 0.388. The predicted octanol–water partition coefficient (Wildman–Crippen LogP) is 3.38. The van der Waals surface area contributed by atoms with Crippen LogP contribution in [0.1, 0.15) is 0 Å². The van der Waals surface area contributed by atoms with Crippen molar-refractivity contribution in [3.8, 4) is 0 Å². The molecule has 3 aromatic rings. The van der Waals surface area contributed by atoms with Crippen LogP contribution in [0.15, 0.2) is 41.8 Å². The Bertz CT molecular complexity index is 947. The number of aromatic nitrogens is 4. The highest BCUT2D eigenvalue weighted by Gasteiger charge is 2.14. The van der Waals surface area contributed by atoms with Crippen LogP contribution in [-0.2, 0) is 6.54 Å². The summed E-state index contributed by atoms with van der Waals surface area (Å²) >= 11 is 12.0. The summed E-state index contributed by atoms with van der Waals surface area (Å²) in [5.41, 5.74) is 1.41. The first kappa shape index (κ1) is 15.6. The van der Waals surface area contributed by atoms with Crippen molar-refractivity contribution in [3.63, 3.8) is 0 Å². The first-order valence-corrected chi connectivity index (χ1v) is 7.52. The molecule has 1 aromatic carbocycles. The first-order valence-electron chi connectivity index (χ1n) is 6.76. The first-order chi connectivity index (χ1) is 11.0. The molecule has 0 aliphatic heterocycles. The minimum Gasteiger partial charge on any atom is -0.315 e. The Kier molecular flexibility index (Phi) is 4.11. The number of allylic oxidation sites excluding steroid dienone is 1. The Hall–Kier alpha value is -2.31. The molecule has 3 rings (SSSR count). The number of aromatic amines is 1. The molecule has 8 heteroatoms. The number of nitrogens with zero attached hydrogens (tertiary/aromatic N) is 4. The second kappa shape index (κ2) is 6.06. The lowest BCUT2D eigenvalue weighted by molar-refractivity contribution is 0.725. The molecule has 0 unspecified atom stereocenters. The number of nitrogens with one attached hydrogen (secondary N) is 1. The van der Waals surface area contributed by atoms with Crippen LogP contribution in [0, 0.1) is 0 Å².